The first-order chi connectivity index (χ1) is 6.86. The molecule has 0 spiro atoms. The molecule has 0 aliphatic heterocycles. The maximum absolute atomic E-state index is 5.61. The molecule has 82 valence electrons. The number of thiocarbonyl (C=S) groups is 1. The van der Waals surface area contributed by atoms with E-state index in [0.29, 0.717) is 4.99 Å². The summed E-state index contributed by atoms with van der Waals surface area (Å²) < 4.78 is 5.32. The minimum atomic E-state index is 0.0200. The SMILES string of the molecule is COc1ccc(C(N)=S)cc1C(C)(C)C. The molecule has 1 aromatic rings. The predicted octanol–water partition coefficient (Wildman–Crippen LogP) is 2.63. The van der Waals surface area contributed by atoms with E-state index in [2.05, 4.69) is 20.8 Å². The third-order valence-electron chi connectivity index (χ3n) is 2.29. The summed E-state index contributed by atoms with van der Waals surface area (Å²) in [6.07, 6.45) is 0. The maximum atomic E-state index is 5.61. The standard InChI is InChI=1S/C12H17NOS/c1-12(2,3)9-7-8(11(13)15)5-6-10(9)14-4/h5-7H,1-4H3,(H2,13,15). The van der Waals surface area contributed by atoms with E-state index >= 15 is 0 Å². The van der Waals surface area contributed by atoms with Crippen LogP contribution in [-0.4, -0.2) is 12.1 Å². The highest BCUT2D eigenvalue weighted by Gasteiger charge is 2.19. The van der Waals surface area contributed by atoms with Gasteiger partial charge in [-0.05, 0) is 23.6 Å². The van der Waals surface area contributed by atoms with Crippen LogP contribution in [0.3, 0.4) is 0 Å². The molecule has 0 unspecified atom stereocenters. The molecular formula is C12H17NOS. The van der Waals surface area contributed by atoms with Gasteiger partial charge in [-0.2, -0.15) is 0 Å². The number of rotatable bonds is 2. The average molecular weight is 223 g/mol. The molecule has 1 aromatic carbocycles. The first kappa shape index (κ1) is 12.0. The zero-order chi connectivity index (χ0) is 11.6. The van der Waals surface area contributed by atoms with E-state index in [1.54, 1.807) is 7.11 Å². The lowest BCUT2D eigenvalue weighted by atomic mass is 9.85. The highest BCUT2D eigenvalue weighted by atomic mass is 32.1. The van der Waals surface area contributed by atoms with Gasteiger partial charge in [-0.15, -0.1) is 0 Å². The highest BCUT2D eigenvalue weighted by Crippen LogP contribution is 2.31. The van der Waals surface area contributed by atoms with E-state index < -0.39 is 0 Å². The van der Waals surface area contributed by atoms with Crippen LogP contribution in [0.25, 0.3) is 0 Å². The molecule has 0 radical (unpaired) electrons. The molecule has 0 bridgehead atoms. The van der Waals surface area contributed by atoms with E-state index in [-0.39, 0.29) is 5.41 Å². The lowest BCUT2D eigenvalue weighted by Crippen LogP contribution is -2.16. The molecule has 2 N–H and O–H groups in total. The summed E-state index contributed by atoms with van der Waals surface area (Å²) in [6, 6.07) is 5.80. The minimum Gasteiger partial charge on any atom is -0.496 e. The van der Waals surface area contributed by atoms with Crippen LogP contribution in [0, 0.1) is 0 Å². The van der Waals surface area contributed by atoms with Gasteiger partial charge in [0.15, 0.2) is 0 Å². The van der Waals surface area contributed by atoms with Crippen LogP contribution < -0.4 is 10.5 Å². The first-order valence-electron chi connectivity index (χ1n) is 4.84. The van der Waals surface area contributed by atoms with Gasteiger partial charge in [0.25, 0.3) is 0 Å². The van der Waals surface area contributed by atoms with Gasteiger partial charge in [0.2, 0.25) is 0 Å². The highest BCUT2D eigenvalue weighted by molar-refractivity contribution is 7.80. The van der Waals surface area contributed by atoms with Crippen molar-refractivity contribution in [3.05, 3.63) is 29.3 Å². The zero-order valence-corrected chi connectivity index (χ0v) is 10.4. The summed E-state index contributed by atoms with van der Waals surface area (Å²) in [5.74, 6) is 0.877. The van der Waals surface area contributed by atoms with Crippen molar-refractivity contribution in [2.24, 2.45) is 5.73 Å². The molecule has 0 fully saturated rings. The topological polar surface area (TPSA) is 35.2 Å². The van der Waals surface area contributed by atoms with Gasteiger partial charge in [-0.3, -0.25) is 0 Å². The molecule has 0 atom stereocenters. The molecule has 15 heavy (non-hydrogen) atoms. The first-order valence-corrected chi connectivity index (χ1v) is 5.25. The van der Waals surface area contributed by atoms with Crippen molar-refractivity contribution in [2.45, 2.75) is 26.2 Å². The van der Waals surface area contributed by atoms with E-state index in [9.17, 15) is 0 Å². The van der Waals surface area contributed by atoms with Crippen LogP contribution in [0.2, 0.25) is 0 Å². The van der Waals surface area contributed by atoms with Gasteiger partial charge >= 0.3 is 0 Å². The van der Waals surface area contributed by atoms with Crippen molar-refractivity contribution in [1.29, 1.82) is 0 Å². The Kier molecular flexibility index (Phi) is 3.35. The van der Waals surface area contributed by atoms with Gasteiger partial charge in [-0.25, -0.2) is 0 Å². The van der Waals surface area contributed by atoms with Crippen molar-refractivity contribution in [2.75, 3.05) is 7.11 Å². The monoisotopic (exact) mass is 223 g/mol. The Morgan fingerprint density at radius 2 is 1.93 bits per heavy atom. The third kappa shape index (κ3) is 2.69. The van der Waals surface area contributed by atoms with Gasteiger partial charge in [0.05, 0.1) is 7.11 Å². The number of benzene rings is 1. The second-order valence-corrected chi connectivity index (χ2v) is 4.97. The van der Waals surface area contributed by atoms with Gasteiger partial charge < -0.3 is 10.5 Å². The number of hydrogen-bond donors (Lipinski definition) is 1. The van der Waals surface area contributed by atoms with Crippen molar-refractivity contribution >= 4 is 17.2 Å². The normalized spacial score (nSPS) is 11.2. The minimum absolute atomic E-state index is 0.0200. The fourth-order valence-corrected chi connectivity index (χ4v) is 1.57. The van der Waals surface area contributed by atoms with Gasteiger partial charge in [0.1, 0.15) is 10.7 Å². The Morgan fingerprint density at radius 1 is 1.33 bits per heavy atom. The van der Waals surface area contributed by atoms with Crippen molar-refractivity contribution in [3.63, 3.8) is 0 Å². The summed E-state index contributed by atoms with van der Waals surface area (Å²) in [4.78, 5) is 0.420. The van der Waals surface area contributed by atoms with E-state index in [4.69, 9.17) is 22.7 Å². The Labute approximate surface area is 96.4 Å². The third-order valence-corrected chi connectivity index (χ3v) is 2.53. The number of nitrogens with two attached hydrogens (primary N) is 1. The Balaban J connectivity index is 3.32. The molecule has 0 amide bonds. The molecule has 0 aliphatic rings. The molecular weight excluding hydrogens is 206 g/mol. The van der Waals surface area contributed by atoms with E-state index in [1.165, 1.54) is 0 Å². The molecule has 0 saturated heterocycles. The zero-order valence-electron chi connectivity index (χ0n) is 9.63. The lowest BCUT2D eigenvalue weighted by Gasteiger charge is -2.22. The van der Waals surface area contributed by atoms with Gasteiger partial charge in [-0.1, -0.05) is 33.0 Å². The van der Waals surface area contributed by atoms with Crippen molar-refractivity contribution in [1.82, 2.24) is 0 Å². The summed E-state index contributed by atoms with van der Waals surface area (Å²) in [7, 11) is 1.67. The Hall–Kier alpha value is -1.09. The lowest BCUT2D eigenvalue weighted by molar-refractivity contribution is 0.397. The smallest absolute Gasteiger partial charge is 0.122 e. The second-order valence-electron chi connectivity index (χ2n) is 4.53. The van der Waals surface area contributed by atoms with E-state index in [1.807, 2.05) is 18.2 Å². The number of methoxy groups -OCH3 is 1. The Bertz CT molecular complexity index is 380. The molecule has 0 aliphatic carbocycles. The predicted molar refractivity (Wildman–Crippen MR) is 67.6 cm³/mol. The van der Waals surface area contributed by atoms with E-state index in [0.717, 1.165) is 16.9 Å². The van der Waals surface area contributed by atoms with Crippen LogP contribution in [0.1, 0.15) is 31.9 Å². The summed E-state index contributed by atoms with van der Waals surface area (Å²) in [5.41, 5.74) is 7.63. The molecule has 1 rings (SSSR count). The van der Waals surface area contributed by atoms with Crippen LogP contribution in [0.4, 0.5) is 0 Å². The summed E-state index contributed by atoms with van der Waals surface area (Å²) in [5, 5.41) is 0. The molecule has 0 aromatic heterocycles. The van der Waals surface area contributed by atoms with Crippen LogP contribution in [0.15, 0.2) is 18.2 Å². The second kappa shape index (κ2) is 4.19. The average Bonchev–Trinajstić information content (AvgIpc) is 2.15. The number of ether oxygens (including phenoxy) is 1. The fraction of sp³-hybridized carbons (Fsp3) is 0.417. The van der Waals surface area contributed by atoms with Crippen LogP contribution in [0.5, 0.6) is 5.75 Å². The largest absolute Gasteiger partial charge is 0.496 e. The summed E-state index contributed by atoms with van der Waals surface area (Å²) in [6.45, 7) is 6.40. The number of hydrogen-bond acceptors (Lipinski definition) is 2. The molecule has 0 heterocycles. The van der Waals surface area contributed by atoms with Gasteiger partial charge in [0, 0.05) is 11.1 Å². The fourth-order valence-electron chi connectivity index (χ4n) is 1.45. The Morgan fingerprint density at radius 3 is 2.33 bits per heavy atom. The van der Waals surface area contributed by atoms with Crippen LogP contribution >= 0.6 is 12.2 Å². The molecule has 3 heteroatoms. The van der Waals surface area contributed by atoms with Crippen molar-refractivity contribution in [3.8, 4) is 5.75 Å². The quantitative estimate of drug-likeness (QED) is 0.783. The molecule has 0 saturated carbocycles. The van der Waals surface area contributed by atoms with Crippen molar-refractivity contribution < 1.29 is 4.74 Å². The maximum Gasteiger partial charge on any atom is 0.122 e. The summed E-state index contributed by atoms with van der Waals surface area (Å²) >= 11 is 4.96. The van der Waals surface area contributed by atoms with Crippen LogP contribution in [-0.2, 0) is 5.41 Å². The molecule has 2 nitrogen and oxygen atoms in total.